The fourth-order valence-corrected chi connectivity index (χ4v) is 5.82. The summed E-state index contributed by atoms with van der Waals surface area (Å²) in [7, 11) is 0. The maximum atomic E-state index is 6.43. The monoisotopic (exact) mass is 778 g/mol. The molecule has 0 saturated heterocycles. The first-order valence-corrected chi connectivity index (χ1v) is 14.9. The van der Waals surface area contributed by atoms with Gasteiger partial charge < -0.3 is 13.9 Å². The Morgan fingerprint density at radius 1 is 0.696 bits per heavy atom. The third-order valence-corrected chi connectivity index (χ3v) is 8.05. The van der Waals surface area contributed by atoms with Crippen LogP contribution in [0, 0.1) is 18.5 Å². The van der Waals surface area contributed by atoms with E-state index in [1.54, 1.807) is 6.20 Å². The first kappa shape index (κ1) is 29.6. The minimum Gasteiger partial charge on any atom is -0.510 e. The van der Waals surface area contributed by atoms with E-state index in [2.05, 4.69) is 103 Å². The molecule has 4 aromatic heterocycles. The summed E-state index contributed by atoms with van der Waals surface area (Å²) in [4.78, 5) is 9.32. The third-order valence-electron chi connectivity index (χ3n) is 8.05. The van der Waals surface area contributed by atoms with Crippen LogP contribution in [0.3, 0.4) is 0 Å². The van der Waals surface area contributed by atoms with E-state index in [1.165, 1.54) is 5.56 Å². The molecule has 0 fully saturated rings. The molecule has 4 aromatic carbocycles. The summed E-state index contributed by atoms with van der Waals surface area (Å²) in [6.07, 6.45) is 7.13. The summed E-state index contributed by atoms with van der Waals surface area (Å²) in [5.74, 6) is 2.82. The second kappa shape index (κ2) is 11.7. The molecule has 0 saturated carbocycles. The Morgan fingerprint density at radius 2 is 1.48 bits per heavy atom. The van der Waals surface area contributed by atoms with Gasteiger partial charge in [-0.15, -0.1) is 29.7 Å². The molecule has 7 heteroatoms. The Bertz CT molecular complexity index is 2350. The predicted octanol–water partition coefficient (Wildman–Crippen LogP) is 8.28. The van der Waals surface area contributed by atoms with Crippen molar-refractivity contribution in [3.8, 4) is 28.8 Å². The molecule has 8 aromatic rings. The SMILES string of the molecule is CC(C)(C)c1ccnc(-n2c3[c-]c(Oc4[c-]c(-n5[c-][n+](-c6ccccn6)c6ccccc65)ccc4)ccc3c3ccccc32)c1.[Pt]. The van der Waals surface area contributed by atoms with Crippen LogP contribution >= 0.6 is 0 Å². The van der Waals surface area contributed by atoms with Gasteiger partial charge in [0.05, 0.1) is 6.20 Å². The van der Waals surface area contributed by atoms with E-state index in [0.717, 1.165) is 50.2 Å². The van der Waals surface area contributed by atoms with Gasteiger partial charge in [0.2, 0.25) is 5.82 Å². The summed E-state index contributed by atoms with van der Waals surface area (Å²) in [6, 6.07) is 43.6. The average Bonchev–Trinajstić information content (AvgIpc) is 3.61. The zero-order valence-electron chi connectivity index (χ0n) is 25.5. The van der Waals surface area contributed by atoms with Crippen LogP contribution in [-0.4, -0.2) is 19.1 Å². The molecule has 0 spiro atoms. The number of imidazole rings is 1. The Kier molecular flexibility index (Phi) is 7.54. The Hall–Kier alpha value is -5.06. The largest absolute Gasteiger partial charge is 0.510 e. The zero-order valence-corrected chi connectivity index (χ0v) is 27.8. The fraction of sp³-hybridized carbons (Fsp3) is 0.103. The van der Waals surface area contributed by atoms with E-state index in [9.17, 15) is 0 Å². The molecule has 0 aliphatic heterocycles. The summed E-state index contributed by atoms with van der Waals surface area (Å²) >= 11 is 0. The molecule has 228 valence electrons. The van der Waals surface area contributed by atoms with Gasteiger partial charge in [0.1, 0.15) is 5.82 Å². The van der Waals surface area contributed by atoms with Crippen molar-refractivity contribution in [3.63, 3.8) is 0 Å². The van der Waals surface area contributed by atoms with E-state index in [-0.39, 0.29) is 26.5 Å². The van der Waals surface area contributed by atoms with Gasteiger partial charge in [0, 0.05) is 55.3 Å². The van der Waals surface area contributed by atoms with Crippen molar-refractivity contribution in [3.05, 3.63) is 146 Å². The topological polar surface area (TPSA) is 48.8 Å². The molecule has 0 atom stereocenters. The molecule has 0 bridgehead atoms. The molecule has 4 heterocycles. The first-order valence-electron chi connectivity index (χ1n) is 14.9. The van der Waals surface area contributed by atoms with Gasteiger partial charge in [-0.05, 0) is 46.7 Å². The van der Waals surface area contributed by atoms with E-state index in [0.29, 0.717) is 11.5 Å². The molecule has 0 radical (unpaired) electrons. The van der Waals surface area contributed by atoms with Gasteiger partial charge >= 0.3 is 0 Å². The van der Waals surface area contributed by atoms with Gasteiger partial charge in [-0.3, -0.25) is 4.57 Å². The molecule has 8 rings (SSSR count). The van der Waals surface area contributed by atoms with Crippen molar-refractivity contribution in [2.75, 3.05) is 0 Å². The minimum absolute atomic E-state index is 0. The smallest absolute Gasteiger partial charge is 0.202 e. The molecule has 0 N–H and O–H groups in total. The zero-order chi connectivity index (χ0) is 30.5. The van der Waals surface area contributed by atoms with Gasteiger partial charge in [0.15, 0.2) is 6.33 Å². The van der Waals surface area contributed by atoms with E-state index < -0.39 is 0 Å². The van der Waals surface area contributed by atoms with Crippen LogP contribution in [0.2, 0.25) is 0 Å². The van der Waals surface area contributed by atoms with E-state index in [4.69, 9.17) is 9.72 Å². The summed E-state index contributed by atoms with van der Waals surface area (Å²) in [5, 5.41) is 2.23. The van der Waals surface area contributed by atoms with Crippen molar-refractivity contribution in [2.45, 2.75) is 26.2 Å². The second-order valence-corrected chi connectivity index (χ2v) is 12.0. The summed E-state index contributed by atoms with van der Waals surface area (Å²) < 4.78 is 12.5. The first-order chi connectivity index (χ1) is 21.9. The van der Waals surface area contributed by atoms with Crippen LogP contribution in [0.4, 0.5) is 0 Å². The van der Waals surface area contributed by atoms with Crippen molar-refractivity contribution >= 4 is 32.8 Å². The number of hydrogen-bond acceptors (Lipinski definition) is 3. The normalized spacial score (nSPS) is 11.6. The van der Waals surface area contributed by atoms with Gasteiger partial charge in [0.25, 0.3) is 0 Å². The number of rotatable bonds is 5. The quantitative estimate of drug-likeness (QED) is 0.131. The Morgan fingerprint density at radius 3 is 2.30 bits per heavy atom. The number of pyridine rings is 2. The minimum atomic E-state index is -0.00532. The number of fused-ring (bicyclic) bond motifs is 4. The fourth-order valence-electron chi connectivity index (χ4n) is 5.82. The van der Waals surface area contributed by atoms with Gasteiger partial charge in [-0.2, -0.15) is 23.2 Å². The standard InChI is InChI=1S/C39H29N5O.Pt/c1-39(2,3)27-20-22-41-38(23-27)44-33-14-5-4-13-31(33)32-19-18-30(25-36(32)44)45-29-12-10-11-28(24-29)42-26-43(37-17-8-9-21-40-37)35-16-7-6-15-34(35)42;/h4-23H,1-3H3;/q-2;. The Balaban J connectivity index is 0.00000338. The van der Waals surface area contributed by atoms with Gasteiger partial charge in [-0.25, -0.2) is 4.98 Å². The molecule has 46 heavy (non-hydrogen) atoms. The Labute approximate surface area is 281 Å². The number of aromatic nitrogens is 5. The molecular formula is C39H29N5OPt-2. The second-order valence-electron chi connectivity index (χ2n) is 12.0. The van der Waals surface area contributed by atoms with Crippen molar-refractivity contribution in [1.29, 1.82) is 0 Å². The molecule has 0 amide bonds. The number of ether oxygens (including phenoxy) is 1. The van der Waals surface area contributed by atoms with Crippen molar-refractivity contribution < 1.29 is 30.4 Å². The molecule has 6 nitrogen and oxygen atoms in total. The van der Waals surface area contributed by atoms with Crippen molar-refractivity contribution in [2.24, 2.45) is 0 Å². The van der Waals surface area contributed by atoms with Crippen molar-refractivity contribution in [1.82, 2.24) is 19.1 Å². The number of nitrogens with zero attached hydrogens (tertiary/aromatic N) is 5. The van der Waals surface area contributed by atoms with Gasteiger partial charge in [-0.1, -0.05) is 80.5 Å². The molecule has 0 unspecified atom stereocenters. The van der Waals surface area contributed by atoms with Crippen LogP contribution in [0.5, 0.6) is 11.5 Å². The van der Waals surface area contributed by atoms with E-state index >= 15 is 0 Å². The molecule has 0 aliphatic carbocycles. The number of hydrogen-bond donors (Lipinski definition) is 0. The summed E-state index contributed by atoms with van der Waals surface area (Å²) in [6.45, 7) is 6.65. The van der Waals surface area contributed by atoms with Crippen LogP contribution in [-0.2, 0) is 26.5 Å². The third kappa shape index (κ3) is 5.19. The number of para-hydroxylation sites is 3. The maximum Gasteiger partial charge on any atom is 0.202 e. The van der Waals surface area contributed by atoms with Crippen LogP contribution in [0.1, 0.15) is 26.3 Å². The maximum absolute atomic E-state index is 6.43. The average molecular weight is 779 g/mol. The predicted molar refractivity (Wildman–Crippen MR) is 176 cm³/mol. The summed E-state index contributed by atoms with van der Waals surface area (Å²) in [5.41, 5.74) is 5.97. The molecular weight excluding hydrogens is 750 g/mol. The molecule has 0 aliphatic rings. The van der Waals surface area contributed by atoms with Crippen LogP contribution in [0.15, 0.2) is 122 Å². The van der Waals surface area contributed by atoms with Crippen LogP contribution in [0.25, 0.3) is 50.2 Å². The number of benzene rings is 4. The van der Waals surface area contributed by atoms with E-state index in [1.807, 2.05) is 69.9 Å². The van der Waals surface area contributed by atoms with Crippen LogP contribution < -0.4 is 9.30 Å².